The summed E-state index contributed by atoms with van der Waals surface area (Å²) in [7, 11) is 0. The van der Waals surface area contributed by atoms with Crippen molar-refractivity contribution in [3.05, 3.63) is 6.42 Å². The number of rotatable bonds is 2. The Kier molecular flexibility index (Phi) is 3.20. The molecule has 0 aromatic heterocycles. The van der Waals surface area contributed by atoms with Gasteiger partial charge in [-0.1, -0.05) is 6.92 Å². The van der Waals surface area contributed by atoms with Crippen LogP contribution in [0.3, 0.4) is 0 Å². The fraction of sp³-hybridized carbons (Fsp3) is 0.889. The van der Waals surface area contributed by atoms with Gasteiger partial charge in [0.25, 0.3) is 0 Å². The largest absolute Gasteiger partial charge is 0.396 e. The molecule has 1 fully saturated rings. The second kappa shape index (κ2) is 3.97. The van der Waals surface area contributed by atoms with Crippen molar-refractivity contribution in [3.8, 4) is 0 Å². The SMILES string of the molecule is C[CH]C1CCC(CO)CC1. The molecule has 1 aliphatic carbocycles. The van der Waals surface area contributed by atoms with E-state index in [-0.39, 0.29) is 0 Å². The summed E-state index contributed by atoms with van der Waals surface area (Å²) in [5.74, 6) is 1.44. The minimum atomic E-state index is 0.399. The second-order valence-corrected chi connectivity index (χ2v) is 3.30. The summed E-state index contributed by atoms with van der Waals surface area (Å²) in [6.45, 7) is 2.54. The first-order valence-electron chi connectivity index (χ1n) is 4.27. The maximum Gasteiger partial charge on any atom is 0.0459 e. The molecule has 0 atom stereocenters. The third kappa shape index (κ3) is 1.98. The van der Waals surface area contributed by atoms with Gasteiger partial charge in [-0.15, -0.1) is 0 Å². The maximum absolute atomic E-state index is 8.84. The van der Waals surface area contributed by atoms with E-state index in [1.54, 1.807) is 0 Å². The molecular weight excluding hydrogens is 124 g/mol. The molecule has 10 heavy (non-hydrogen) atoms. The third-order valence-electron chi connectivity index (χ3n) is 2.62. The van der Waals surface area contributed by atoms with Gasteiger partial charge in [-0.05, 0) is 43.9 Å². The number of aliphatic hydroxyl groups is 1. The monoisotopic (exact) mass is 141 g/mol. The number of hydrogen-bond donors (Lipinski definition) is 1. The van der Waals surface area contributed by atoms with Gasteiger partial charge in [0.05, 0.1) is 0 Å². The molecule has 0 spiro atoms. The van der Waals surface area contributed by atoms with Crippen LogP contribution in [0, 0.1) is 18.3 Å². The highest BCUT2D eigenvalue weighted by atomic mass is 16.3. The molecule has 1 radical (unpaired) electrons. The van der Waals surface area contributed by atoms with Crippen LogP contribution in [0.4, 0.5) is 0 Å². The lowest BCUT2D eigenvalue weighted by Crippen LogP contribution is -2.16. The van der Waals surface area contributed by atoms with Gasteiger partial charge in [-0.25, -0.2) is 0 Å². The van der Waals surface area contributed by atoms with Crippen LogP contribution in [0.15, 0.2) is 0 Å². The summed E-state index contributed by atoms with van der Waals surface area (Å²) >= 11 is 0. The van der Waals surface area contributed by atoms with E-state index in [9.17, 15) is 0 Å². The zero-order valence-electron chi connectivity index (χ0n) is 6.71. The van der Waals surface area contributed by atoms with Crippen molar-refractivity contribution in [2.45, 2.75) is 32.6 Å². The van der Waals surface area contributed by atoms with Crippen LogP contribution in [0.2, 0.25) is 0 Å². The molecule has 0 aliphatic heterocycles. The number of hydrogen-bond acceptors (Lipinski definition) is 1. The Morgan fingerprint density at radius 3 is 2.30 bits per heavy atom. The number of aliphatic hydroxyl groups excluding tert-OH is 1. The molecule has 1 aliphatic rings. The van der Waals surface area contributed by atoms with Crippen molar-refractivity contribution in [2.75, 3.05) is 6.61 Å². The standard InChI is InChI=1S/C9H17O/c1-2-8-3-5-9(7-10)6-4-8/h2,8-10H,3-7H2,1H3. The molecule has 1 heteroatoms. The summed E-state index contributed by atoms with van der Waals surface area (Å²) in [6.07, 6.45) is 7.34. The van der Waals surface area contributed by atoms with E-state index in [2.05, 4.69) is 13.3 Å². The molecule has 0 unspecified atom stereocenters. The van der Waals surface area contributed by atoms with Gasteiger partial charge in [0, 0.05) is 6.61 Å². The highest BCUT2D eigenvalue weighted by Gasteiger charge is 2.18. The topological polar surface area (TPSA) is 20.2 Å². The van der Waals surface area contributed by atoms with Crippen molar-refractivity contribution in [3.63, 3.8) is 0 Å². The molecule has 0 amide bonds. The van der Waals surface area contributed by atoms with Gasteiger partial charge in [0.1, 0.15) is 0 Å². The Hall–Kier alpha value is -0.0400. The van der Waals surface area contributed by atoms with Gasteiger partial charge in [0.2, 0.25) is 0 Å². The Labute approximate surface area is 63.4 Å². The predicted molar refractivity (Wildman–Crippen MR) is 42.5 cm³/mol. The second-order valence-electron chi connectivity index (χ2n) is 3.30. The molecule has 59 valence electrons. The molecule has 1 saturated carbocycles. The van der Waals surface area contributed by atoms with Gasteiger partial charge >= 0.3 is 0 Å². The van der Waals surface area contributed by atoms with E-state index < -0.39 is 0 Å². The normalized spacial score (nSPS) is 34.2. The molecule has 0 aromatic carbocycles. The van der Waals surface area contributed by atoms with E-state index in [1.165, 1.54) is 25.7 Å². The van der Waals surface area contributed by atoms with Crippen LogP contribution in [0.1, 0.15) is 32.6 Å². The molecule has 1 nitrogen and oxygen atoms in total. The van der Waals surface area contributed by atoms with E-state index in [0.29, 0.717) is 12.5 Å². The first-order valence-corrected chi connectivity index (χ1v) is 4.27. The van der Waals surface area contributed by atoms with Crippen molar-refractivity contribution in [1.82, 2.24) is 0 Å². The van der Waals surface area contributed by atoms with Crippen molar-refractivity contribution in [2.24, 2.45) is 11.8 Å². The zero-order chi connectivity index (χ0) is 7.40. The Morgan fingerprint density at radius 2 is 1.90 bits per heavy atom. The lowest BCUT2D eigenvalue weighted by atomic mass is 9.81. The molecule has 1 N–H and O–H groups in total. The summed E-state index contributed by atoms with van der Waals surface area (Å²) in [4.78, 5) is 0. The molecular formula is C9H17O. The van der Waals surface area contributed by atoms with E-state index in [4.69, 9.17) is 5.11 Å². The summed E-state index contributed by atoms with van der Waals surface area (Å²) < 4.78 is 0. The fourth-order valence-corrected chi connectivity index (χ4v) is 1.70. The average molecular weight is 141 g/mol. The maximum atomic E-state index is 8.84. The Bertz CT molecular complexity index is 70.7. The Balaban J connectivity index is 2.17. The van der Waals surface area contributed by atoms with Crippen LogP contribution < -0.4 is 0 Å². The molecule has 0 saturated heterocycles. The van der Waals surface area contributed by atoms with Crippen LogP contribution in [-0.2, 0) is 0 Å². The van der Waals surface area contributed by atoms with Gasteiger partial charge in [0.15, 0.2) is 0 Å². The zero-order valence-corrected chi connectivity index (χ0v) is 6.71. The van der Waals surface area contributed by atoms with Crippen LogP contribution in [0.5, 0.6) is 0 Å². The quantitative estimate of drug-likeness (QED) is 0.623. The van der Waals surface area contributed by atoms with Gasteiger partial charge in [-0.3, -0.25) is 0 Å². The van der Waals surface area contributed by atoms with Crippen LogP contribution >= 0.6 is 0 Å². The molecule has 0 heterocycles. The molecule has 0 aromatic rings. The Morgan fingerprint density at radius 1 is 1.30 bits per heavy atom. The van der Waals surface area contributed by atoms with Crippen LogP contribution in [0.25, 0.3) is 0 Å². The summed E-state index contributed by atoms with van der Waals surface area (Å²) in [6, 6.07) is 0. The van der Waals surface area contributed by atoms with Crippen molar-refractivity contribution in [1.29, 1.82) is 0 Å². The highest BCUT2D eigenvalue weighted by Crippen LogP contribution is 2.29. The first-order chi connectivity index (χ1) is 4.86. The van der Waals surface area contributed by atoms with E-state index in [0.717, 1.165) is 5.92 Å². The van der Waals surface area contributed by atoms with Gasteiger partial charge in [-0.2, -0.15) is 0 Å². The molecule has 0 bridgehead atoms. The lowest BCUT2D eigenvalue weighted by Gasteiger charge is -2.25. The van der Waals surface area contributed by atoms with E-state index in [1.807, 2.05) is 0 Å². The summed E-state index contributed by atoms with van der Waals surface area (Å²) in [5.41, 5.74) is 0. The first kappa shape index (κ1) is 8.06. The van der Waals surface area contributed by atoms with E-state index >= 15 is 0 Å². The van der Waals surface area contributed by atoms with Gasteiger partial charge < -0.3 is 5.11 Å². The fourth-order valence-electron chi connectivity index (χ4n) is 1.70. The third-order valence-corrected chi connectivity index (χ3v) is 2.62. The van der Waals surface area contributed by atoms with Crippen molar-refractivity contribution >= 4 is 0 Å². The predicted octanol–water partition coefficient (Wildman–Crippen LogP) is 2.01. The highest BCUT2D eigenvalue weighted by molar-refractivity contribution is 4.78. The lowest BCUT2D eigenvalue weighted by molar-refractivity contribution is 0.174. The summed E-state index contributed by atoms with van der Waals surface area (Å²) in [5, 5.41) is 8.84. The van der Waals surface area contributed by atoms with Crippen molar-refractivity contribution < 1.29 is 5.11 Å². The average Bonchev–Trinajstić information content (AvgIpc) is 2.05. The minimum Gasteiger partial charge on any atom is -0.396 e. The molecule has 1 rings (SSSR count). The van der Waals surface area contributed by atoms with Crippen LogP contribution in [-0.4, -0.2) is 11.7 Å². The minimum absolute atomic E-state index is 0.399. The smallest absolute Gasteiger partial charge is 0.0459 e.